The lowest BCUT2D eigenvalue weighted by molar-refractivity contribution is -0.199. The van der Waals surface area contributed by atoms with Gasteiger partial charge in [-0.05, 0) is 12.8 Å². The van der Waals surface area contributed by atoms with E-state index >= 15 is 0 Å². The first-order chi connectivity index (χ1) is 13.7. The normalized spacial score (nSPS) is 14.1. The number of rotatable bonds is 15. The highest BCUT2D eigenvalue weighted by atomic mass is 28.5. The van der Waals surface area contributed by atoms with Crippen molar-refractivity contribution in [3.05, 3.63) is 0 Å². The number of ether oxygens (including phenoxy) is 1. The van der Waals surface area contributed by atoms with Crippen molar-refractivity contribution in [3.63, 3.8) is 0 Å². The number of carbonyl (C=O) groups excluding carboxylic acids is 1. The Morgan fingerprint density at radius 2 is 1.00 bits per heavy atom. The summed E-state index contributed by atoms with van der Waals surface area (Å²) in [5.74, 6) is -2.29. The van der Waals surface area contributed by atoms with Gasteiger partial charge in [-0.2, -0.15) is 13.2 Å². The van der Waals surface area contributed by atoms with Gasteiger partial charge < -0.3 is 60.2 Å². The molecule has 0 aliphatic rings. The van der Waals surface area contributed by atoms with Crippen LogP contribution >= 0.6 is 0 Å². The summed E-state index contributed by atoms with van der Waals surface area (Å²) >= 11 is 0. The number of carbonyl (C=O) groups is 1. The maximum atomic E-state index is 11.9. The lowest BCUT2D eigenvalue weighted by Gasteiger charge is -2.34. The minimum atomic E-state index is -5.54. The third-order valence-corrected chi connectivity index (χ3v) is 11.2. The molecule has 0 aliphatic heterocycles. The molecule has 31 heavy (non-hydrogen) atoms. The van der Waals surface area contributed by atoms with Crippen LogP contribution in [-0.2, 0) is 21.9 Å². The second kappa shape index (κ2) is 12.2. The van der Waals surface area contributed by atoms with Crippen molar-refractivity contribution in [1.82, 2.24) is 0 Å². The standard InChI is InChI=1S/C10H25F3O14Si4/c11-10(12,13)9(14)24-7-5-3-1-2-4-6-8-28(25-29(15,16)17,26-30(18,19)20)27-31(21,22)23/h15-23H,1-8H2. The molecule has 0 heterocycles. The fourth-order valence-electron chi connectivity index (χ4n) is 2.24. The highest BCUT2D eigenvalue weighted by Crippen LogP contribution is 2.26. The molecule has 0 unspecified atom stereocenters. The Morgan fingerprint density at radius 3 is 1.35 bits per heavy atom. The molecule has 14 nitrogen and oxygen atoms in total. The summed E-state index contributed by atoms with van der Waals surface area (Å²) in [6, 6.07) is -0.639. The van der Waals surface area contributed by atoms with Crippen LogP contribution in [0.25, 0.3) is 0 Å². The summed E-state index contributed by atoms with van der Waals surface area (Å²) < 4.78 is 52.9. The van der Waals surface area contributed by atoms with E-state index in [-0.39, 0.29) is 19.3 Å². The van der Waals surface area contributed by atoms with E-state index in [9.17, 15) is 18.0 Å². The quantitative estimate of drug-likeness (QED) is 0.0563. The second-order valence-electron chi connectivity index (χ2n) is 6.22. The molecule has 0 bridgehead atoms. The molecule has 0 radical (unpaired) electrons. The molecule has 0 aromatic carbocycles. The number of halogens is 3. The van der Waals surface area contributed by atoms with Crippen LogP contribution in [0.5, 0.6) is 0 Å². The molecular weight excluding hydrogens is 513 g/mol. The van der Waals surface area contributed by atoms with E-state index in [4.69, 9.17) is 43.2 Å². The van der Waals surface area contributed by atoms with Crippen molar-refractivity contribution in [2.24, 2.45) is 0 Å². The molecule has 0 aromatic heterocycles. The summed E-state index contributed by atoms with van der Waals surface area (Å²) in [5.41, 5.74) is 0. The van der Waals surface area contributed by atoms with Gasteiger partial charge in [0.05, 0.1) is 6.61 Å². The number of unbranched alkanes of at least 4 members (excludes halogenated alkanes) is 5. The van der Waals surface area contributed by atoms with Crippen LogP contribution < -0.4 is 0 Å². The molecule has 0 aliphatic carbocycles. The molecule has 0 rings (SSSR count). The molecule has 0 atom stereocenters. The van der Waals surface area contributed by atoms with Gasteiger partial charge in [0.15, 0.2) is 0 Å². The van der Waals surface area contributed by atoms with Crippen molar-refractivity contribution in [3.8, 4) is 0 Å². The third-order valence-electron chi connectivity index (χ3n) is 3.22. The van der Waals surface area contributed by atoms with Gasteiger partial charge in [0, 0.05) is 6.04 Å². The molecular formula is C10H25F3O14Si4. The smallest absolute Gasteiger partial charge is 0.459 e. The zero-order chi connectivity index (χ0) is 24.6. The van der Waals surface area contributed by atoms with E-state index in [2.05, 4.69) is 17.1 Å². The average Bonchev–Trinajstić information content (AvgIpc) is 2.46. The van der Waals surface area contributed by atoms with Crippen molar-refractivity contribution in [2.45, 2.75) is 50.7 Å². The van der Waals surface area contributed by atoms with Crippen LogP contribution in [0.4, 0.5) is 13.2 Å². The fraction of sp³-hybridized carbons (Fsp3) is 0.900. The first-order valence-corrected chi connectivity index (χ1v) is 15.8. The lowest BCUT2D eigenvalue weighted by atomic mass is 10.1. The summed E-state index contributed by atoms with van der Waals surface area (Å²) in [6.45, 7) is -0.438. The molecule has 21 heteroatoms. The monoisotopic (exact) mass is 538 g/mol. The van der Waals surface area contributed by atoms with E-state index in [1.807, 2.05) is 0 Å². The Balaban J connectivity index is 4.61. The Kier molecular flexibility index (Phi) is 12.1. The van der Waals surface area contributed by atoms with E-state index in [1.54, 1.807) is 0 Å². The Morgan fingerprint density at radius 1 is 0.645 bits per heavy atom. The van der Waals surface area contributed by atoms with Crippen molar-refractivity contribution in [1.29, 1.82) is 0 Å². The van der Waals surface area contributed by atoms with Gasteiger partial charge in [-0.15, -0.1) is 0 Å². The highest BCUT2D eigenvalue weighted by Gasteiger charge is 2.60. The first-order valence-electron chi connectivity index (χ1n) is 8.60. The SMILES string of the molecule is O=C(OCCCCCCCC[Si](O[Si](O)(O)O)(O[Si](O)(O)O)O[Si](O)(O)O)C(F)(F)F. The van der Waals surface area contributed by atoms with Gasteiger partial charge in [-0.3, -0.25) is 0 Å². The Hall–Kier alpha value is -0.352. The van der Waals surface area contributed by atoms with E-state index in [0.717, 1.165) is 0 Å². The van der Waals surface area contributed by atoms with Crippen molar-refractivity contribution in [2.75, 3.05) is 6.61 Å². The van der Waals surface area contributed by atoms with E-state index in [0.29, 0.717) is 19.3 Å². The van der Waals surface area contributed by atoms with Crippen LogP contribution in [0.15, 0.2) is 0 Å². The average molecular weight is 539 g/mol. The fourth-order valence-corrected chi connectivity index (χ4v) is 10.8. The topological polar surface area (TPSA) is 236 Å². The first kappa shape index (κ1) is 30.6. The molecule has 0 fully saturated rings. The van der Waals surface area contributed by atoms with Crippen LogP contribution in [0.2, 0.25) is 6.04 Å². The molecule has 0 amide bonds. The number of alkyl halides is 3. The van der Waals surface area contributed by atoms with Gasteiger partial charge in [0.25, 0.3) is 0 Å². The maximum absolute atomic E-state index is 11.9. The summed E-state index contributed by atoms with van der Waals surface area (Å²) in [7, 11) is -21.7. The maximum Gasteiger partial charge on any atom is 0.663 e. The van der Waals surface area contributed by atoms with Crippen molar-refractivity contribution < 1.29 is 78.2 Å². The predicted octanol–water partition coefficient (Wildman–Crippen LogP) is -3.34. The van der Waals surface area contributed by atoms with Crippen molar-refractivity contribution >= 4 is 41.9 Å². The van der Waals surface area contributed by atoms with Crippen LogP contribution in [0, 0.1) is 0 Å². The van der Waals surface area contributed by atoms with E-state index < -0.39 is 60.7 Å². The van der Waals surface area contributed by atoms with Gasteiger partial charge in [0.2, 0.25) is 0 Å². The summed E-state index contributed by atoms with van der Waals surface area (Å²) in [6.07, 6.45) is -3.53. The molecule has 0 saturated heterocycles. The number of hydrogen-bond acceptors (Lipinski definition) is 14. The number of hydrogen-bond donors (Lipinski definition) is 9. The van der Waals surface area contributed by atoms with E-state index in [1.165, 1.54) is 0 Å². The Labute approximate surface area is 178 Å². The molecule has 186 valence electrons. The van der Waals surface area contributed by atoms with Crippen LogP contribution in [-0.4, -0.2) is 97.9 Å². The zero-order valence-electron chi connectivity index (χ0n) is 15.9. The molecule has 0 saturated carbocycles. The summed E-state index contributed by atoms with van der Waals surface area (Å²) in [5, 5.41) is 0. The third kappa shape index (κ3) is 16.9. The van der Waals surface area contributed by atoms with Crippen LogP contribution in [0.3, 0.4) is 0 Å². The minimum absolute atomic E-state index is 0.0608. The molecule has 0 spiro atoms. The second-order valence-corrected chi connectivity index (χ2v) is 14.0. The largest absolute Gasteiger partial charge is 0.663 e. The van der Waals surface area contributed by atoms with Crippen LogP contribution in [0.1, 0.15) is 38.5 Å². The van der Waals surface area contributed by atoms with Gasteiger partial charge in [0.1, 0.15) is 0 Å². The van der Waals surface area contributed by atoms with Gasteiger partial charge in [-0.25, -0.2) is 4.79 Å². The summed E-state index contributed by atoms with van der Waals surface area (Å²) in [4.78, 5) is 92.4. The van der Waals surface area contributed by atoms with Gasteiger partial charge >= 0.3 is 48.1 Å². The van der Waals surface area contributed by atoms with Gasteiger partial charge in [-0.1, -0.05) is 25.7 Å². The molecule has 9 N–H and O–H groups in total. The minimum Gasteiger partial charge on any atom is -0.459 e. The predicted molar refractivity (Wildman–Crippen MR) is 95.8 cm³/mol. The Bertz CT molecular complexity index is 506. The lowest BCUT2D eigenvalue weighted by Crippen LogP contribution is -2.66. The highest BCUT2D eigenvalue weighted by molar-refractivity contribution is 6.80. The zero-order valence-corrected chi connectivity index (χ0v) is 19.9. The molecule has 0 aromatic rings. The number of esters is 1.